The second-order valence-electron chi connectivity index (χ2n) is 4.39. The predicted octanol–water partition coefficient (Wildman–Crippen LogP) is -1.04. The molecule has 0 aliphatic carbocycles. The highest BCUT2D eigenvalue weighted by Crippen LogP contribution is 2.27. The fourth-order valence-electron chi connectivity index (χ4n) is 1.86. The quantitative estimate of drug-likeness (QED) is 0.444. The summed E-state index contributed by atoms with van der Waals surface area (Å²) in [7, 11) is 0. The number of aliphatic hydroxyl groups is 3. The Labute approximate surface area is 126 Å². The van der Waals surface area contributed by atoms with Crippen molar-refractivity contribution in [2.75, 3.05) is 5.73 Å². The molecule has 5 atom stereocenters. The summed E-state index contributed by atoms with van der Waals surface area (Å²) < 4.78 is 10.2. The Balaban J connectivity index is 0.00000220. The van der Waals surface area contributed by atoms with E-state index in [1.54, 1.807) is 18.2 Å². The molecule has 9 heteroatoms. The molecule has 0 saturated carbocycles. The van der Waals surface area contributed by atoms with Crippen LogP contribution >= 0.6 is 12.4 Å². The number of hydrogen-bond donors (Lipinski definition) is 5. The lowest BCUT2D eigenvalue weighted by atomic mass is 9.99. The van der Waals surface area contributed by atoms with E-state index in [0.29, 0.717) is 0 Å². The SMILES string of the molecule is Cl.Nc1ccccc1O[C@@H]1O[C@H](C(=O)O)[C@@H](O)[C@H](O)[C@H]1O. The Hall–Kier alpha value is -1.58. The van der Waals surface area contributed by atoms with Gasteiger partial charge in [-0.3, -0.25) is 0 Å². The normalized spacial score (nSPS) is 32.0. The molecule has 1 aliphatic heterocycles. The van der Waals surface area contributed by atoms with Crippen LogP contribution in [0.15, 0.2) is 24.3 Å². The first-order valence-electron chi connectivity index (χ1n) is 5.85. The molecule has 1 aromatic carbocycles. The second kappa shape index (κ2) is 6.92. The summed E-state index contributed by atoms with van der Waals surface area (Å²) in [5.41, 5.74) is 5.91. The Bertz CT molecular complexity index is 500. The third kappa shape index (κ3) is 3.55. The number of aliphatic hydroxyl groups excluding tert-OH is 3. The standard InChI is InChI=1S/C12H15NO7.ClH/c13-5-3-1-2-4-6(5)19-12-9(16)7(14)8(15)10(20-12)11(17)18;/h1-4,7-10,12,14-16H,13H2,(H,17,18);1H/t7-,8-,9+,10-,12+;/m0./s1. The summed E-state index contributed by atoms with van der Waals surface area (Å²) in [5.74, 6) is -1.30. The smallest absolute Gasteiger partial charge is 0.335 e. The summed E-state index contributed by atoms with van der Waals surface area (Å²) in [6.07, 6.45) is -8.24. The van der Waals surface area contributed by atoms with E-state index in [9.17, 15) is 20.1 Å². The number of carboxylic acid groups (broad SMARTS) is 1. The molecular weight excluding hydrogens is 306 g/mol. The summed E-state index contributed by atoms with van der Waals surface area (Å²) >= 11 is 0. The van der Waals surface area contributed by atoms with Gasteiger partial charge in [-0.05, 0) is 12.1 Å². The molecule has 1 saturated heterocycles. The van der Waals surface area contributed by atoms with E-state index in [0.717, 1.165) is 0 Å². The van der Waals surface area contributed by atoms with Crippen LogP contribution in [-0.2, 0) is 9.53 Å². The first-order chi connectivity index (χ1) is 9.41. The third-order valence-electron chi connectivity index (χ3n) is 2.98. The van der Waals surface area contributed by atoms with Crippen LogP contribution in [0.25, 0.3) is 0 Å². The van der Waals surface area contributed by atoms with Crippen molar-refractivity contribution >= 4 is 24.1 Å². The molecule has 21 heavy (non-hydrogen) atoms. The number of anilines is 1. The Kier molecular flexibility index (Phi) is 5.76. The van der Waals surface area contributed by atoms with E-state index in [-0.39, 0.29) is 23.8 Å². The van der Waals surface area contributed by atoms with Gasteiger partial charge >= 0.3 is 5.97 Å². The van der Waals surface area contributed by atoms with Gasteiger partial charge in [-0.1, -0.05) is 12.1 Å². The minimum absolute atomic E-state index is 0. The van der Waals surface area contributed by atoms with Crippen molar-refractivity contribution in [3.05, 3.63) is 24.3 Å². The number of rotatable bonds is 3. The second-order valence-corrected chi connectivity index (χ2v) is 4.39. The number of benzene rings is 1. The molecule has 0 radical (unpaired) electrons. The van der Waals surface area contributed by atoms with Crippen molar-refractivity contribution in [3.63, 3.8) is 0 Å². The lowest BCUT2D eigenvalue weighted by Crippen LogP contribution is -2.61. The summed E-state index contributed by atoms with van der Waals surface area (Å²) in [6, 6.07) is 6.34. The molecule has 6 N–H and O–H groups in total. The van der Waals surface area contributed by atoms with E-state index < -0.39 is 36.7 Å². The lowest BCUT2D eigenvalue weighted by molar-refractivity contribution is -0.271. The van der Waals surface area contributed by atoms with Crippen molar-refractivity contribution in [2.45, 2.75) is 30.7 Å². The van der Waals surface area contributed by atoms with Gasteiger partial charge in [0.05, 0.1) is 5.69 Å². The molecule has 0 amide bonds. The number of carbonyl (C=O) groups is 1. The number of para-hydroxylation sites is 2. The number of carboxylic acids is 1. The van der Waals surface area contributed by atoms with Crippen molar-refractivity contribution in [1.29, 1.82) is 0 Å². The number of halogens is 1. The number of aliphatic carboxylic acids is 1. The molecule has 1 aromatic rings. The number of nitrogens with two attached hydrogens (primary N) is 1. The largest absolute Gasteiger partial charge is 0.479 e. The van der Waals surface area contributed by atoms with Crippen LogP contribution in [-0.4, -0.2) is 57.1 Å². The molecule has 0 bridgehead atoms. The third-order valence-corrected chi connectivity index (χ3v) is 2.98. The zero-order valence-electron chi connectivity index (χ0n) is 10.7. The first kappa shape index (κ1) is 17.5. The fourth-order valence-corrected chi connectivity index (χ4v) is 1.86. The molecule has 8 nitrogen and oxygen atoms in total. The van der Waals surface area contributed by atoms with Gasteiger partial charge in [0.1, 0.15) is 24.1 Å². The minimum Gasteiger partial charge on any atom is -0.479 e. The van der Waals surface area contributed by atoms with E-state index >= 15 is 0 Å². The van der Waals surface area contributed by atoms with Gasteiger partial charge in [0.2, 0.25) is 6.29 Å². The molecule has 0 unspecified atom stereocenters. The summed E-state index contributed by atoms with van der Waals surface area (Å²) in [6.45, 7) is 0. The molecule has 1 heterocycles. The van der Waals surface area contributed by atoms with Crippen LogP contribution in [0.2, 0.25) is 0 Å². The molecule has 2 rings (SSSR count). The van der Waals surface area contributed by atoms with Crippen molar-refractivity contribution in [3.8, 4) is 5.75 Å². The highest BCUT2D eigenvalue weighted by atomic mass is 35.5. The van der Waals surface area contributed by atoms with Gasteiger partial charge in [-0.15, -0.1) is 12.4 Å². The molecule has 1 aliphatic rings. The minimum atomic E-state index is -1.75. The molecule has 0 aromatic heterocycles. The van der Waals surface area contributed by atoms with E-state index in [1.807, 2.05) is 0 Å². The average Bonchev–Trinajstić information content (AvgIpc) is 2.41. The van der Waals surface area contributed by atoms with Crippen LogP contribution in [0, 0.1) is 0 Å². The van der Waals surface area contributed by atoms with Crippen LogP contribution < -0.4 is 10.5 Å². The topological polar surface area (TPSA) is 142 Å². The van der Waals surface area contributed by atoms with E-state index in [1.165, 1.54) is 6.07 Å². The van der Waals surface area contributed by atoms with Gasteiger partial charge in [0.25, 0.3) is 0 Å². The van der Waals surface area contributed by atoms with Crippen LogP contribution in [0.5, 0.6) is 5.75 Å². The van der Waals surface area contributed by atoms with Gasteiger partial charge in [-0.2, -0.15) is 0 Å². The molecular formula is C12H16ClNO7. The van der Waals surface area contributed by atoms with Gasteiger partial charge in [0.15, 0.2) is 6.10 Å². The Morgan fingerprint density at radius 2 is 1.76 bits per heavy atom. The van der Waals surface area contributed by atoms with Crippen molar-refractivity contribution < 1.29 is 34.7 Å². The van der Waals surface area contributed by atoms with Gasteiger partial charge in [0, 0.05) is 0 Å². The molecule has 118 valence electrons. The molecule has 0 spiro atoms. The predicted molar refractivity (Wildman–Crippen MR) is 73.0 cm³/mol. The maximum atomic E-state index is 10.9. The van der Waals surface area contributed by atoms with E-state index in [4.69, 9.17) is 20.3 Å². The van der Waals surface area contributed by atoms with Crippen molar-refractivity contribution in [2.24, 2.45) is 0 Å². The highest BCUT2D eigenvalue weighted by molar-refractivity contribution is 5.85. The summed E-state index contributed by atoms with van der Waals surface area (Å²) in [4.78, 5) is 10.9. The molecule has 1 fully saturated rings. The number of ether oxygens (including phenoxy) is 2. The fraction of sp³-hybridized carbons (Fsp3) is 0.417. The van der Waals surface area contributed by atoms with Gasteiger partial charge < -0.3 is 35.6 Å². The van der Waals surface area contributed by atoms with Crippen molar-refractivity contribution in [1.82, 2.24) is 0 Å². The maximum absolute atomic E-state index is 10.9. The maximum Gasteiger partial charge on any atom is 0.335 e. The first-order valence-corrected chi connectivity index (χ1v) is 5.85. The van der Waals surface area contributed by atoms with Crippen LogP contribution in [0.3, 0.4) is 0 Å². The van der Waals surface area contributed by atoms with Crippen LogP contribution in [0.4, 0.5) is 5.69 Å². The number of hydrogen-bond acceptors (Lipinski definition) is 7. The van der Waals surface area contributed by atoms with Crippen LogP contribution in [0.1, 0.15) is 0 Å². The number of nitrogen functional groups attached to an aromatic ring is 1. The Morgan fingerprint density at radius 3 is 2.33 bits per heavy atom. The average molecular weight is 322 g/mol. The van der Waals surface area contributed by atoms with E-state index in [2.05, 4.69) is 0 Å². The Morgan fingerprint density at radius 1 is 1.14 bits per heavy atom. The highest BCUT2D eigenvalue weighted by Gasteiger charge is 2.48. The lowest BCUT2D eigenvalue weighted by Gasteiger charge is -2.38. The van der Waals surface area contributed by atoms with Gasteiger partial charge in [-0.25, -0.2) is 4.79 Å². The summed E-state index contributed by atoms with van der Waals surface area (Å²) in [5, 5.41) is 37.8. The zero-order chi connectivity index (χ0) is 14.9. The monoisotopic (exact) mass is 321 g/mol. The zero-order valence-corrected chi connectivity index (χ0v) is 11.5.